The van der Waals surface area contributed by atoms with E-state index in [1.807, 2.05) is 48.5 Å². The molecule has 0 saturated carbocycles. The maximum atomic E-state index is 12.9. The van der Waals surface area contributed by atoms with Gasteiger partial charge in [-0.05, 0) is 33.7 Å². The van der Waals surface area contributed by atoms with Crippen molar-refractivity contribution in [2.75, 3.05) is 17.2 Å². The summed E-state index contributed by atoms with van der Waals surface area (Å²) in [6.45, 7) is 1.18. The number of aliphatic hydroxyl groups is 2. The fourth-order valence-electron chi connectivity index (χ4n) is 5.58. The SMILES string of the molecule is CC(=O)Nc1ccc2ccc3c(Nc4nc5c(ncn5[C@H]5C[C@H](O)[C@@H](CO)O5)c(=O)[nH]4)ccc4ccc1c2c43. The molecule has 1 fully saturated rings. The Morgan fingerprint density at radius 2 is 1.74 bits per heavy atom. The number of ether oxygens (including phenoxy) is 1. The van der Waals surface area contributed by atoms with Gasteiger partial charge < -0.3 is 25.6 Å². The molecular weight excluding hydrogens is 500 g/mol. The maximum absolute atomic E-state index is 12.9. The van der Waals surface area contributed by atoms with E-state index in [0.29, 0.717) is 5.65 Å². The highest BCUT2D eigenvalue weighted by atomic mass is 16.5. The van der Waals surface area contributed by atoms with Gasteiger partial charge in [0.05, 0.1) is 19.0 Å². The molecule has 6 aromatic rings. The van der Waals surface area contributed by atoms with Crippen LogP contribution in [0.3, 0.4) is 0 Å². The van der Waals surface area contributed by atoms with Crippen LogP contribution in [-0.4, -0.2) is 54.5 Å². The highest BCUT2D eigenvalue weighted by Crippen LogP contribution is 2.40. The third-order valence-corrected chi connectivity index (χ3v) is 7.36. The second-order valence-electron chi connectivity index (χ2n) is 9.81. The van der Waals surface area contributed by atoms with Gasteiger partial charge in [0.15, 0.2) is 11.2 Å². The average molecular weight is 525 g/mol. The molecule has 2 aromatic heterocycles. The summed E-state index contributed by atoms with van der Waals surface area (Å²) in [6, 6.07) is 15.9. The Balaban J connectivity index is 1.34. The number of H-pyrrole nitrogens is 1. The summed E-state index contributed by atoms with van der Waals surface area (Å²) < 4.78 is 7.35. The van der Waals surface area contributed by atoms with Crippen LogP contribution in [0.2, 0.25) is 0 Å². The highest BCUT2D eigenvalue weighted by Gasteiger charge is 2.35. The molecule has 0 aliphatic carbocycles. The second kappa shape index (κ2) is 8.73. The molecule has 1 aliphatic rings. The van der Waals surface area contributed by atoms with Crippen molar-refractivity contribution in [3.05, 3.63) is 65.2 Å². The maximum Gasteiger partial charge on any atom is 0.280 e. The molecule has 5 N–H and O–H groups in total. The van der Waals surface area contributed by atoms with Crippen molar-refractivity contribution < 1.29 is 19.7 Å². The number of hydrogen-bond donors (Lipinski definition) is 5. The minimum absolute atomic E-state index is 0.138. The number of amides is 1. The molecule has 4 aromatic carbocycles. The molecule has 0 bridgehead atoms. The van der Waals surface area contributed by atoms with Gasteiger partial charge in [-0.2, -0.15) is 4.98 Å². The number of aliphatic hydroxyl groups excluding tert-OH is 2. The van der Waals surface area contributed by atoms with Gasteiger partial charge >= 0.3 is 0 Å². The average Bonchev–Trinajstić information content (AvgIpc) is 3.52. The van der Waals surface area contributed by atoms with Gasteiger partial charge in [0.1, 0.15) is 12.3 Å². The number of benzene rings is 4. The number of aromatic nitrogens is 4. The van der Waals surface area contributed by atoms with Gasteiger partial charge in [0.2, 0.25) is 11.9 Å². The fourth-order valence-corrected chi connectivity index (χ4v) is 5.58. The van der Waals surface area contributed by atoms with Crippen LogP contribution in [0.5, 0.6) is 0 Å². The van der Waals surface area contributed by atoms with Gasteiger partial charge in [-0.3, -0.25) is 19.1 Å². The zero-order valence-corrected chi connectivity index (χ0v) is 20.8. The van der Waals surface area contributed by atoms with E-state index in [1.54, 1.807) is 4.57 Å². The van der Waals surface area contributed by atoms with E-state index in [-0.39, 0.29) is 30.4 Å². The van der Waals surface area contributed by atoms with E-state index >= 15 is 0 Å². The van der Waals surface area contributed by atoms with Gasteiger partial charge in [-0.15, -0.1) is 0 Å². The predicted molar refractivity (Wildman–Crippen MR) is 148 cm³/mol. The molecule has 0 unspecified atom stereocenters. The first-order valence-corrected chi connectivity index (χ1v) is 12.6. The Labute approximate surface area is 220 Å². The highest BCUT2D eigenvalue weighted by molar-refractivity contribution is 6.27. The van der Waals surface area contributed by atoms with E-state index in [9.17, 15) is 19.8 Å². The summed E-state index contributed by atoms with van der Waals surface area (Å²) in [6.07, 6.45) is -0.465. The predicted octanol–water partition coefficient (Wildman–Crippen LogP) is 3.36. The number of hydrogen-bond acceptors (Lipinski definition) is 8. The lowest BCUT2D eigenvalue weighted by Gasteiger charge is -2.17. The van der Waals surface area contributed by atoms with Crippen molar-refractivity contribution in [2.45, 2.75) is 31.8 Å². The third kappa shape index (κ3) is 3.70. The van der Waals surface area contributed by atoms with Gasteiger partial charge in [0.25, 0.3) is 5.56 Å². The first-order chi connectivity index (χ1) is 18.9. The summed E-state index contributed by atoms with van der Waals surface area (Å²) >= 11 is 0. The number of imidazole rings is 1. The fraction of sp³-hybridized carbons (Fsp3) is 0.214. The van der Waals surface area contributed by atoms with Crippen LogP contribution in [0.15, 0.2) is 59.7 Å². The smallest absolute Gasteiger partial charge is 0.280 e. The second-order valence-corrected chi connectivity index (χ2v) is 9.81. The molecule has 1 aliphatic heterocycles. The molecule has 1 saturated heterocycles. The van der Waals surface area contributed by atoms with Crippen molar-refractivity contribution >= 4 is 66.7 Å². The van der Waals surface area contributed by atoms with Gasteiger partial charge in [-0.1, -0.05) is 36.4 Å². The molecular formula is C28H24N6O5. The molecule has 3 atom stereocenters. The molecule has 11 heteroatoms. The summed E-state index contributed by atoms with van der Waals surface area (Å²) in [5, 5.41) is 31.8. The number of aromatic amines is 1. The number of carbonyl (C=O) groups excluding carboxylic acids is 1. The minimum Gasteiger partial charge on any atom is -0.394 e. The molecule has 0 radical (unpaired) electrons. The van der Waals surface area contributed by atoms with Crippen LogP contribution in [0.4, 0.5) is 17.3 Å². The quantitative estimate of drug-likeness (QED) is 0.215. The summed E-state index contributed by atoms with van der Waals surface area (Å²) in [7, 11) is 0. The number of anilines is 3. The van der Waals surface area contributed by atoms with E-state index in [2.05, 4.69) is 25.6 Å². The standard InChI is InChI=1S/C28H24N6O5/c1-13(36)30-18-8-4-14-3-7-17-19(9-5-15-2-6-16(18)23(14)24(15)17)31-28-32-26-25(27(38)33-28)29-12-34(26)22-10-20(37)21(11-35)39-22/h2-9,12,20-22,35,37H,10-11H2,1H3,(H,30,36)(H2,31,32,33,38)/t20-,21+,22+/m0/s1. The Kier molecular flexibility index (Phi) is 5.27. The number of rotatable bonds is 5. The van der Waals surface area contributed by atoms with E-state index in [4.69, 9.17) is 4.74 Å². The van der Waals surface area contributed by atoms with Crippen molar-refractivity contribution in [2.24, 2.45) is 0 Å². The summed E-state index contributed by atoms with van der Waals surface area (Å²) in [4.78, 5) is 36.3. The molecule has 11 nitrogen and oxygen atoms in total. The van der Waals surface area contributed by atoms with Crippen molar-refractivity contribution in [3.63, 3.8) is 0 Å². The number of nitrogens with one attached hydrogen (secondary N) is 3. The Morgan fingerprint density at radius 1 is 1.08 bits per heavy atom. The lowest BCUT2D eigenvalue weighted by atomic mass is 9.92. The largest absolute Gasteiger partial charge is 0.394 e. The van der Waals surface area contributed by atoms with E-state index in [1.165, 1.54) is 13.3 Å². The van der Waals surface area contributed by atoms with Crippen LogP contribution in [0.25, 0.3) is 43.5 Å². The van der Waals surface area contributed by atoms with Crippen LogP contribution in [0.1, 0.15) is 19.6 Å². The third-order valence-electron chi connectivity index (χ3n) is 7.36. The molecule has 0 spiro atoms. The first kappa shape index (κ1) is 23.5. The van der Waals surface area contributed by atoms with Crippen molar-refractivity contribution in [3.8, 4) is 0 Å². The van der Waals surface area contributed by atoms with E-state index < -0.39 is 24.0 Å². The molecule has 196 valence electrons. The number of carbonyl (C=O) groups is 1. The Bertz CT molecular complexity index is 1960. The van der Waals surface area contributed by atoms with Crippen molar-refractivity contribution in [1.29, 1.82) is 0 Å². The molecule has 39 heavy (non-hydrogen) atoms. The van der Waals surface area contributed by atoms with Crippen LogP contribution >= 0.6 is 0 Å². The first-order valence-electron chi connectivity index (χ1n) is 12.6. The lowest BCUT2D eigenvalue weighted by Crippen LogP contribution is -2.24. The normalized spacial score (nSPS) is 19.5. The van der Waals surface area contributed by atoms with E-state index in [0.717, 1.165) is 43.7 Å². The Hall–Kier alpha value is -4.58. The van der Waals surface area contributed by atoms with Crippen LogP contribution in [0, 0.1) is 0 Å². The zero-order valence-electron chi connectivity index (χ0n) is 20.8. The van der Waals surface area contributed by atoms with Crippen LogP contribution in [-0.2, 0) is 9.53 Å². The summed E-state index contributed by atoms with van der Waals surface area (Å²) in [5.74, 6) is 0.0851. The van der Waals surface area contributed by atoms with Gasteiger partial charge in [-0.25, -0.2) is 4.98 Å². The Morgan fingerprint density at radius 3 is 2.41 bits per heavy atom. The lowest BCUT2D eigenvalue weighted by molar-refractivity contribution is -0.114. The monoisotopic (exact) mass is 524 g/mol. The number of nitrogens with zero attached hydrogens (tertiary/aromatic N) is 3. The summed E-state index contributed by atoms with van der Waals surface area (Å²) in [5.41, 5.74) is 1.51. The van der Waals surface area contributed by atoms with Crippen molar-refractivity contribution in [1.82, 2.24) is 19.5 Å². The van der Waals surface area contributed by atoms with Crippen LogP contribution < -0.4 is 16.2 Å². The molecule has 7 rings (SSSR count). The zero-order chi connectivity index (χ0) is 26.8. The molecule has 1 amide bonds. The number of fused-ring (bicyclic) bond motifs is 1. The van der Waals surface area contributed by atoms with Gasteiger partial charge in [0, 0.05) is 35.5 Å². The topological polar surface area (TPSA) is 154 Å². The molecule has 3 heterocycles. The minimum atomic E-state index is -0.833.